The lowest BCUT2D eigenvalue weighted by Gasteiger charge is -2.32. The van der Waals surface area contributed by atoms with Gasteiger partial charge in [-0.1, -0.05) is 12.2 Å². The van der Waals surface area contributed by atoms with Crippen LogP contribution in [0.3, 0.4) is 0 Å². The summed E-state index contributed by atoms with van der Waals surface area (Å²) >= 11 is 4.56. The number of rotatable bonds is 4. The maximum Gasteiger partial charge on any atom is 0.230 e. The van der Waals surface area contributed by atoms with E-state index in [2.05, 4.69) is 21.9 Å². The van der Waals surface area contributed by atoms with Gasteiger partial charge in [-0.3, -0.25) is 0 Å². The number of hydrazine groups is 1. The summed E-state index contributed by atoms with van der Waals surface area (Å²) < 4.78 is 22.9. The molecule has 1 aliphatic heterocycles. The molecular formula is C7H16N4O2S2. The van der Waals surface area contributed by atoms with E-state index in [9.17, 15) is 8.42 Å². The van der Waals surface area contributed by atoms with Gasteiger partial charge < -0.3 is 10.6 Å². The van der Waals surface area contributed by atoms with Crippen molar-refractivity contribution in [1.82, 2.24) is 14.7 Å². The molecule has 0 amide bonds. The molecule has 1 heterocycles. The molecule has 0 aliphatic carbocycles. The van der Waals surface area contributed by atoms with Gasteiger partial charge in [0.15, 0.2) is 0 Å². The molecule has 0 aromatic carbocycles. The molecule has 1 aliphatic rings. The molecule has 0 aromatic rings. The summed E-state index contributed by atoms with van der Waals surface area (Å²) in [6.45, 7) is 3.03. The van der Waals surface area contributed by atoms with Gasteiger partial charge in [0.25, 0.3) is 0 Å². The predicted octanol–water partition coefficient (Wildman–Crippen LogP) is -1.65. The van der Waals surface area contributed by atoms with E-state index in [1.54, 1.807) is 5.01 Å². The lowest BCUT2D eigenvalue weighted by atomic mass is 10.4. The Morgan fingerprint density at radius 2 is 1.93 bits per heavy atom. The largest absolute Gasteiger partial charge is 0.392 e. The molecule has 3 N–H and O–H groups in total. The minimum Gasteiger partial charge on any atom is -0.392 e. The zero-order valence-electron chi connectivity index (χ0n) is 8.64. The number of likely N-dealkylation sites (N-methyl/N-ethyl adjacent to an activating group) is 1. The van der Waals surface area contributed by atoms with E-state index in [4.69, 9.17) is 5.73 Å². The van der Waals surface area contributed by atoms with Crippen LogP contribution in [0.4, 0.5) is 0 Å². The smallest absolute Gasteiger partial charge is 0.230 e. The van der Waals surface area contributed by atoms with Crippen LogP contribution in [-0.2, 0) is 10.0 Å². The second kappa shape index (κ2) is 5.17. The summed E-state index contributed by atoms with van der Waals surface area (Å²) in [5.74, 6) is -0.297. The van der Waals surface area contributed by atoms with Crippen LogP contribution in [-0.4, -0.2) is 62.3 Å². The quantitative estimate of drug-likeness (QED) is 0.584. The van der Waals surface area contributed by atoms with Crippen molar-refractivity contribution in [3.8, 4) is 0 Å². The van der Waals surface area contributed by atoms with Crippen LogP contribution in [0, 0.1) is 0 Å². The highest BCUT2D eigenvalue weighted by Crippen LogP contribution is 1.97. The minimum atomic E-state index is -3.41. The number of nitrogens with one attached hydrogen (secondary N) is 1. The third-order valence-corrected chi connectivity index (χ3v) is 3.66. The van der Waals surface area contributed by atoms with E-state index in [1.807, 2.05) is 7.05 Å². The lowest BCUT2D eigenvalue weighted by molar-refractivity contribution is 0.135. The zero-order chi connectivity index (χ0) is 11.5. The van der Waals surface area contributed by atoms with Crippen LogP contribution < -0.4 is 10.6 Å². The van der Waals surface area contributed by atoms with Gasteiger partial charge in [0.1, 0.15) is 5.75 Å². The van der Waals surface area contributed by atoms with Gasteiger partial charge in [-0.15, -0.1) is 4.83 Å². The molecule has 0 unspecified atom stereocenters. The van der Waals surface area contributed by atoms with E-state index in [-0.39, 0.29) is 10.7 Å². The number of hydrogen-bond acceptors (Lipinski definition) is 5. The summed E-state index contributed by atoms with van der Waals surface area (Å²) in [5, 5.41) is 1.67. The maximum absolute atomic E-state index is 11.5. The Morgan fingerprint density at radius 3 is 2.40 bits per heavy atom. The molecule has 0 saturated carbocycles. The Bertz CT molecular complexity index is 322. The maximum atomic E-state index is 11.5. The van der Waals surface area contributed by atoms with E-state index in [1.165, 1.54) is 0 Å². The first-order chi connectivity index (χ1) is 6.89. The topological polar surface area (TPSA) is 78.7 Å². The molecule has 0 radical (unpaired) electrons. The molecule has 8 heteroatoms. The van der Waals surface area contributed by atoms with Gasteiger partial charge in [-0.05, 0) is 7.05 Å². The Hall–Kier alpha value is -0.280. The number of piperazine rings is 1. The molecule has 0 aromatic heterocycles. The van der Waals surface area contributed by atoms with Crippen molar-refractivity contribution < 1.29 is 8.42 Å². The number of thiocarbonyl (C=S) groups is 1. The number of sulfonamides is 1. The van der Waals surface area contributed by atoms with Gasteiger partial charge in [-0.25, -0.2) is 13.4 Å². The van der Waals surface area contributed by atoms with Crippen LogP contribution in [0.15, 0.2) is 0 Å². The van der Waals surface area contributed by atoms with E-state index in [0.717, 1.165) is 13.1 Å². The molecule has 0 spiro atoms. The molecule has 15 heavy (non-hydrogen) atoms. The molecule has 88 valence electrons. The van der Waals surface area contributed by atoms with Crippen molar-refractivity contribution in [2.24, 2.45) is 5.73 Å². The second-order valence-electron chi connectivity index (χ2n) is 3.61. The number of nitrogens with zero attached hydrogens (tertiary/aromatic N) is 2. The average molecular weight is 252 g/mol. The highest BCUT2D eigenvalue weighted by atomic mass is 32.2. The fraction of sp³-hybridized carbons (Fsp3) is 0.857. The SMILES string of the molecule is CN1CCN(NS(=O)(=O)CC(N)=S)CC1. The first kappa shape index (κ1) is 12.8. The highest BCUT2D eigenvalue weighted by Gasteiger charge is 2.19. The third-order valence-electron chi connectivity index (χ3n) is 2.10. The molecule has 6 nitrogen and oxygen atoms in total. The van der Waals surface area contributed by atoms with Crippen LogP contribution in [0.5, 0.6) is 0 Å². The Morgan fingerprint density at radius 1 is 1.40 bits per heavy atom. The minimum absolute atomic E-state index is 0.0170. The van der Waals surface area contributed by atoms with Crippen LogP contribution in [0.1, 0.15) is 0 Å². The molecule has 0 bridgehead atoms. The van der Waals surface area contributed by atoms with Gasteiger partial charge >= 0.3 is 0 Å². The number of hydrogen-bond donors (Lipinski definition) is 2. The fourth-order valence-corrected chi connectivity index (χ4v) is 2.79. The monoisotopic (exact) mass is 252 g/mol. The van der Waals surface area contributed by atoms with Gasteiger partial charge in [0.05, 0.1) is 4.99 Å². The normalized spacial score (nSPS) is 20.3. The predicted molar refractivity (Wildman–Crippen MR) is 62.8 cm³/mol. The summed E-state index contributed by atoms with van der Waals surface area (Å²) in [4.78, 5) is 4.58. The number of nitrogens with two attached hydrogens (primary N) is 1. The summed E-state index contributed by atoms with van der Waals surface area (Å²) in [6, 6.07) is 0. The van der Waals surface area contributed by atoms with Gasteiger partial charge in [-0.2, -0.15) is 0 Å². The van der Waals surface area contributed by atoms with Gasteiger partial charge in [0, 0.05) is 26.2 Å². The van der Waals surface area contributed by atoms with Crippen molar-refractivity contribution >= 4 is 27.2 Å². The second-order valence-corrected chi connectivity index (χ2v) is 5.83. The zero-order valence-corrected chi connectivity index (χ0v) is 10.3. The van der Waals surface area contributed by atoms with E-state index < -0.39 is 10.0 Å². The summed E-state index contributed by atoms with van der Waals surface area (Å²) in [6.07, 6.45) is 0. The Kier molecular flexibility index (Phi) is 4.41. The Labute approximate surface area is 95.4 Å². The van der Waals surface area contributed by atoms with Gasteiger partial charge in [0.2, 0.25) is 10.0 Å². The van der Waals surface area contributed by atoms with Crippen molar-refractivity contribution in [3.05, 3.63) is 0 Å². The molecule has 1 saturated heterocycles. The first-order valence-corrected chi connectivity index (χ1v) is 6.67. The standard InChI is InChI=1S/C7H16N4O2S2/c1-10-2-4-11(5-3-10)9-15(12,13)6-7(8)14/h9H,2-6H2,1H3,(H2,8,14). The summed E-state index contributed by atoms with van der Waals surface area (Å²) in [5.41, 5.74) is 5.19. The lowest BCUT2D eigenvalue weighted by Crippen LogP contribution is -2.53. The van der Waals surface area contributed by atoms with Crippen molar-refractivity contribution in [2.45, 2.75) is 0 Å². The van der Waals surface area contributed by atoms with E-state index in [0.29, 0.717) is 13.1 Å². The van der Waals surface area contributed by atoms with Crippen molar-refractivity contribution in [2.75, 3.05) is 39.0 Å². The molecular weight excluding hydrogens is 236 g/mol. The van der Waals surface area contributed by atoms with Crippen LogP contribution in [0.2, 0.25) is 0 Å². The highest BCUT2D eigenvalue weighted by molar-refractivity contribution is 7.92. The van der Waals surface area contributed by atoms with Crippen molar-refractivity contribution in [3.63, 3.8) is 0 Å². The third kappa shape index (κ3) is 4.85. The Balaban J connectivity index is 2.44. The van der Waals surface area contributed by atoms with Crippen molar-refractivity contribution in [1.29, 1.82) is 0 Å². The van der Waals surface area contributed by atoms with Crippen LogP contribution >= 0.6 is 12.2 Å². The molecule has 1 rings (SSSR count). The van der Waals surface area contributed by atoms with E-state index >= 15 is 0 Å². The average Bonchev–Trinajstić information content (AvgIpc) is 2.06. The fourth-order valence-electron chi connectivity index (χ4n) is 1.31. The molecule has 0 atom stereocenters. The first-order valence-electron chi connectivity index (χ1n) is 4.61. The summed E-state index contributed by atoms with van der Waals surface area (Å²) in [7, 11) is -1.41. The molecule has 1 fully saturated rings. The van der Waals surface area contributed by atoms with Crippen LogP contribution in [0.25, 0.3) is 0 Å².